The molecule has 0 radical (unpaired) electrons. The number of alkyl halides is 2. The van der Waals surface area contributed by atoms with Crippen LogP contribution in [-0.4, -0.2) is 32.7 Å². The van der Waals surface area contributed by atoms with Gasteiger partial charge >= 0.3 is 6.29 Å². The zero-order valence-electron chi connectivity index (χ0n) is 14.9. The maximum Gasteiger partial charge on any atom is 0.586 e. The summed E-state index contributed by atoms with van der Waals surface area (Å²) < 4.78 is 36.6. The number of halogens is 3. The highest BCUT2D eigenvalue weighted by molar-refractivity contribution is 7.99. The van der Waals surface area contributed by atoms with Gasteiger partial charge in [-0.15, -0.1) is 19.0 Å². The second kappa shape index (κ2) is 7.53. The van der Waals surface area contributed by atoms with Gasteiger partial charge in [-0.1, -0.05) is 23.4 Å². The average Bonchev–Trinajstić information content (AvgIpc) is 3.18. The van der Waals surface area contributed by atoms with E-state index in [2.05, 4.69) is 25.0 Å². The van der Waals surface area contributed by atoms with Crippen LogP contribution in [0.2, 0.25) is 5.02 Å². The third-order valence-electron chi connectivity index (χ3n) is 3.95. The molecule has 1 aliphatic heterocycles. The minimum absolute atomic E-state index is 0.0528. The molecule has 3 aromatic rings. The van der Waals surface area contributed by atoms with Crippen molar-refractivity contribution in [3.63, 3.8) is 0 Å². The van der Waals surface area contributed by atoms with E-state index in [4.69, 9.17) is 11.6 Å². The first-order chi connectivity index (χ1) is 13.8. The molecule has 2 aromatic carbocycles. The number of aromatic nitrogens is 3. The molecule has 0 unspecified atom stereocenters. The van der Waals surface area contributed by atoms with Gasteiger partial charge in [0.15, 0.2) is 22.5 Å². The molecule has 0 atom stereocenters. The number of anilines is 1. The summed E-state index contributed by atoms with van der Waals surface area (Å²) in [6.45, 7) is 0. The Morgan fingerprint density at radius 2 is 1.90 bits per heavy atom. The van der Waals surface area contributed by atoms with E-state index in [0.717, 1.165) is 5.56 Å². The van der Waals surface area contributed by atoms with Gasteiger partial charge in [0, 0.05) is 29.4 Å². The first-order valence-corrected chi connectivity index (χ1v) is 9.65. The number of ether oxygens (including phenoxy) is 2. The molecule has 29 heavy (non-hydrogen) atoms. The summed E-state index contributed by atoms with van der Waals surface area (Å²) in [7, 11) is 1.79. The van der Waals surface area contributed by atoms with Gasteiger partial charge in [-0.2, -0.15) is 0 Å². The van der Waals surface area contributed by atoms with E-state index in [0.29, 0.717) is 21.7 Å². The zero-order chi connectivity index (χ0) is 20.6. The SMILES string of the molecule is Cn1c(SCC(=O)Nc2ccc3c(c2)OC(F)(F)O3)nnc1-c1ccc(Cl)cc1. The van der Waals surface area contributed by atoms with E-state index >= 15 is 0 Å². The van der Waals surface area contributed by atoms with Crippen LogP contribution in [0.4, 0.5) is 14.5 Å². The van der Waals surface area contributed by atoms with Crippen LogP contribution >= 0.6 is 23.4 Å². The molecule has 1 amide bonds. The van der Waals surface area contributed by atoms with Gasteiger partial charge in [0.1, 0.15) is 0 Å². The molecule has 1 aliphatic rings. The van der Waals surface area contributed by atoms with Crippen LogP contribution in [0.25, 0.3) is 11.4 Å². The lowest BCUT2D eigenvalue weighted by Crippen LogP contribution is -2.25. The third kappa shape index (κ3) is 4.28. The second-order valence-corrected chi connectivity index (χ2v) is 7.42. The summed E-state index contributed by atoms with van der Waals surface area (Å²) in [4.78, 5) is 12.2. The van der Waals surface area contributed by atoms with Crippen LogP contribution in [0, 0.1) is 0 Å². The number of benzene rings is 2. The smallest absolute Gasteiger partial charge is 0.395 e. The predicted molar refractivity (Wildman–Crippen MR) is 103 cm³/mol. The molecule has 150 valence electrons. The lowest BCUT2D eigenvalue weighted by atomic mass is 10.2. The van der Waals surface area contributed by atoms with Gasteiger partial charge in [-0.05, 0) is 36.4 Å². The standard InChI is InChI=1S/C18H13ClF2N4O3S/c1-25-16(10-2-4-11(19)5-3-10)23-24-17(25)29-9-15(26)22-12-6-7-13-14(8-12)28-18(20,21)27-13/h2-8H,9H2,1H3,(H,22,26). The quantitative estimate of drug-likeness (QED) is 0.602. The second-order valence-electron chi connectivity index (χ2n) is 6.04. The summed E-state index contributed by atoms with van der Waals surface area (Å²) >= 11 is 7.09. The molecule has 1 aromatic heterocycles. The van der Waals surface area contributed by atoms with Crippen molar-refractivity contribution in [2.45, 2.75) is 11.5 Å². The molecular weight excluding hydrogens is 426 g/mol. The van der Waals surface area contributed by atoms with E-state index in [1.54, 1.807) is 23.7 Å². The van der Waals surface area contributed by atoms with Gasteiger partial charge in [0.05, 0.1) is 5.75 Å². The molecule has 1 N–H and O–H groups in total. The molecule has 0 bridgehead atoms. The van der Waals surface area contributed by atoms with E-state index < -0.39 is 6.29 Å². The number of hydrogen-bond donors (Lipinski definition) is 1. The molecule has 11 heteroatoms. The van der Waals surface area contributed by atoms with E-state index in [9.17, 15) is 13.6 Å². The fourth-order valence-corrected chi connectivity index (χ4v) is 3.48. The van der Waals surface area contributed by atoms with Crippen molar-refractivity contribution in [1.82, 2.24) is 14.8 Å². The van der Waals surface area contributed by atoms with Gasteiger partial charge in [0.25, 0.3) is 0 Å². The Labute approximate surface area is 173 Å². The predicted octanol–water partition coefficient (Wildman–Crippen LogP) is 4.19. The van der Waals surface area contributed by atoms with Gasteiger partial charge in [0.2, 0.25) is 5.91 Å². The van der Waals surface area contributed by atoms with Crippen LogP contribution in [0.3, 0.4) is 0 Å². The first kappa shape index (κ1) is 19.5. The number of hydrogen-bond acceptors (Lipinski definition) is 6. The summed E-state index contributed by atoms with van der Waals surface area (Å²) in [6, 6.07) is 11.2. The van der Waals surface area contributed by atoms with Crippen LogP contribution in [0.1, 0.15) is 0 Å². The fourth-order valence-electron chi connectivity index (χ4n) is 2.64. The van der Waals surface area contributed by atoms with Crippen molar-refractivity contribution in [1.29, 1.82) is 0 Å². The highest BCUT2D eigenvalue weighted by Gasteiger charge is 2.43. The number of nitrogens with one attached hydrogen (secondary N) is 1. The number of rotatable bonds is 5. The van der Waals surface area contributed by atoms with Crippen LogP contribution in [0.15, 0.2) is 47.6 Å². The highest BCUT2D eigenvalue weighted by atomic mass is 35.5. The lowest BCUT2D eigenvalue weighted by Gasteiger charge is -2.06. The molecule has 7 nitrogen and oxygen atoms in total. The summed E-state index contributed by atoms with van der Waals surface area (Å²) in [5.74, 6) is 0.132. The number of carbonyl (C=O) groups excluding carboxylic acids is 1. The molecular formula is C18H13ClF2N4O3S. The Morgan fingerprint density at radius 3 is 2.66 bits per heavy atom. The molecule has 0 saturated heterocycles. The van der Waals surface area contributed by atoms with Gasteiger partial charge in [-0.25, -0.2) is 0 Å². The van der Waals surface area contributed by atoms with Crippen molar-refractivity contribution in [2.75, 3.05) is 11.1 Å². The topological polar surface area (TPSA) is 78.3 Å². The highest BCUT2D eigenvalue weighted by Crippen LogP contribution is 2.42. The Morgan fingerprint density at radius 1 is 1.17 bits per heavy atom. The lowest BCUT2D eigenvalue weighted by molar-refractivity contribution is -0.286. The van der Waals surface area contributed by atoms with Gasteiger partial charge in [-0.3, -0.25) is 4.79 Å². The van der Waals surface area contributed by atoms with Crippen molar-refractivity contribution in [2.24, 2.45) is 7.05 Å². The van der Waals surface area contributed by atoms with Gasteiger partial charge < -0.3 is 19.4 Å². The van der Waals surface area contributed by atoms with Crippen molar-refractivity contribution in [3.8, 4) is 22.9 Å². The maximum absolute atomic E-state index is 13.1. The maximum atomic E-state index is 13.1. The number of nitrogens with zero attached hydrogens (tertiary/aromatic N) is 3. The fraction of sp³-hybridized carbons (Fsp3) is 0.167. The van der Waals surface area contributed by atoms with Crippen molar-refractivity contribution >= 4 is 35.0 Å². The average molecular weight is 439 g/mol. The molecule has 0 fully saturated rings. The minimum atomic E-state index is -3.70. The van der Waals surface area contributed by atoms with E-state index in [1.165, 1.54) is 30.0 Å². The molecule has 0 aliphatic carbocycles. The minimum Gasteiger partial charge on any atom is -0.395 e. The van der Waals surface area contributed by atoms with Crippen LogP contribution in [-0.2, 0) is 11.8 Å². The monoisotopic (exact) mass is 438 g/mol. The Balaban J connectivity index is 1.38. The Hall–Kier alpha value is -2.85. The van der Waals surface area contributed by atoms with E-state index in [-0.39, 0.29) is 23.2 Å². The number of carbonyl (C=O) groups is 1. The van der Waals surface area contributed by atoms with Crippen molar-refractivity contribution < 1.29 is 23.0 Å². The van der Waals surface area contributed by atoms with Crippen LogP contribution in [0.5, 0.6) is 11.5 Å². The Kier molecular flexibility index (Phi) is 5.05. The number of thioether (sulfide) groups is 1. The molecule has 2 heterocycles. The number of amides is 1. The van der Waals surface area contributed by atoms with Crippen molar-refractivity contribution in [3.05, 3.63) is 47.5 Å². The largest absolute Gasteiger partial charge is 0.586 e. The Bertz CT molecular complexity index is 1080. The molecule has 0 saturated carbocycles. The third-order valence-corrected chi connectivity index (χ3v) is 5.23. The van der Waals surface area contributed by atoms with Crippen LogP contribution < -0.4 is 14.8 Å². The molecule has 4 rings (SSSR count). The zero-order valence-corrected chi connectivity index (χ0v) is 16.4. The van der Waals surface area contributed by atoms with E-state index in [1.807, 2.05) is 12.1 Å². The summed E-state index contributed by atoms with van der Waals surface area (Å²) in [6.07, 6.45) is -3.70. The number of fused-ring (bicyclic) bond motifs is 1. The summed E-state index contributed by atoms with van der Waals surface area (Å²) in [5, 5.41) is 12.0. The normalized spacial score (nSPS) is 14.1. The molecule has 0 spiro atoms. The first-order valence-electron chi connectivity index (χ1n) is 8.28. The summed E-state index contributed by atoms with van der Waals surface area (Å²) in [5.41, 5.74) is 1.16.